The smallest absolute Gasteiger partial charge is 0.229 e. The number of nitrogens with zero attached hydrogens (tertiary/aromatic N) is 8. The number of para-hydroxylation sites is 2. The fourth-order valence-electron chi connectivity index (χ4n) is 7.74. The van der Waals surface area contributed by atoms with E-state index >= 15 is 0 Å². The predicted molar refractivity (Wildman–Crippen MR) is 272 cm³/mol. The molecule has 0 saturated heterocycles. The van der Waals surface area contributed by atoms with Crippen molar-refractivity contribution < 1.29 is 0 Å². The number of nitrogen functional groups attached to an aromatic ring is 1. The molecule has 0 unspecified atom stereocenters. The van der Waals surface area contributed by atoms with Crippen LogP contribution >= 0.6 is 11.6 Å². The van der Waals surface area contributed by atoms with Crippen molar-refractivity contribution in [2.24, 2.45) is 0 Å². The van der Waals surface area contributed by atoms with Gasteiger partial charge in [-0.25, -0.2) is 15.0 Å². The summed E-state index contributed by atoms with van der Waals surface area (Å²) >= 11 is 6.12. The Morgan fingerprint density at radius 3 is 1.42 bits per heavy atom. The van der Waals surface area contributed by atoms with Gasteiger partial charge in [-0.1, -0.05) is 48.5 Å². The number of hydrogen-bond donors (Lipinski definition) is 4. The first-order valence-corrected chi connectivity index (χ1v) is 21.3. The number of aromatic nitrogens is 4. The minimum absolute atomic E-state index is 0.216. The summed E-state index contributed by atoms with van der Waals surface area (Å²) in [6.07, 6.45) is 6.59. The van der Waals surface area contributed by atoms with E-state index in [9.17, 15) is 0 Å². The first-order valence-electron chi connectivity index (χ1n) is 20.9. The van der Waals surface area contributed by atoms with Crippen LogP contribution in [-0.4, -0.2) is 34.0 Å². The van der Waals surface area contributed by atoms with E-state index in [0.717, 1.165) is 88.9 Å². The number of nitriles is 4. The molecular weight excluding hydrogens is 852 g/mol. The molecule has 0 aliphatic carbocycles. The highest BCUT2D eigenvalue weighted by atomic mass is 35.5. The van der Waals surface area contributed by atoms with Crippen molar-refractivity contribution in [2.45, 2.75) is 27.7 Å². The molecule has 67 heavy (non-hydrogen) atoms. The summed E-state index contributed by atoms with van der Waals surface area (Å²) in [7, 11) is 3.66. The molecule has 8 aromatic rings. The van der Waals surface area contributed by atoms with E-state index in [0.29, 0.717) is 28.6 Å². The van der Waals surface area contributed by atoms with Gasteiger partial charge in [-0.3, -0.25) is 0 Å². The number of nitrogens with one attached hydrogen (secondary N) is 3. The lowest BCUT2D eigenvalue weighted by atomic mass is 9.92. The average Bonchev–Trinajstić information content (AvgIpc) is 3.33. The molecule has 0 radical (unpaired) electrons. The molecule has 0 aliphatic heterocycles. The van der Waals surface area contributed by atoms with E-state index in [4.69, 9.17) is 43.4 Å². The lowest BCUT2D eigenvalue weighted by Gasteiger charge is -2.16. The summed E-state index contributed by atoms with van der Waals surface area (Å²) in [4.78, 5) is 18.2. The van der Waals surface area contributed by atoms with Crippen LogP contribution in [0.25, 0.3) is 56.2 Å². The molecular formula is C54H45ClN12. The molecule has 0 bridgehead atoms. The van der Waals surface area contributed by atoms with Gasteiger partial charge in [0, 0.05) is 59.5 Å². The maximum absolute atomic E-state index is 9.03. The Morgan fingerprint density at radius 1 is 0.552 bits per heavy atom. The number of anilines is 5. The van der Waals surface area contributed by atoms with Crippen molar-refractivity contribution in [3.8, 4) is 46.5 Å². The Labute approximate surface area is 395 Å². The van der Waals surface area contributed by atoms with Crippen molar-refractivity contribution in [1.82, 2.24) is 19.9 Å². The summed E-state index contributed by atoms with van der Waals surface area (Å²) in [6, 6.07) is 42.5. The third kappa shape index (κ3) is 11.4. The van der Waals surface area contributed by atoms with Crippen molar-refractivity contribution in [2.75, 3.05) is 35.8 Å². The molecule has 13 heteroatoms. The first kappa shape index (κ1) is 47.4. The largest absolute Gasteiger partial charge is 0.399 e. The number of halogens is 1. The number of hydrogen-bond acceptors (Lipinski definition) is 12. The van der Waals surface area contributed by atoms with Crippen LogP contribution in [-0.2, 0) is 0 Å². The fourth-order valence-corrected chi connectivity index (χ4v) is 7.90. The van der Waals surface area contributed by atoms with Crippen LogP contribution in [0.5, 0.6) is 0 Å². The van der Waals surface area contributed by atoms with Crippen molar-refractivity contribution in [1.29, 1.82) is 21.0 Å². The Bertz CT molecular complexity index is 3300. The van der Waals surface area contributed by atoms with Gasteiger partial charge in [0.05, 0.1) is 46.4 Å². The molecule has 0 aliphatic rings. The van der Waals surface area contributed by atoms with Crippen molar-refractivity contribution in [3.05, 3.63) is 171 Å². The second-order valence-electron chi connectivity index (χ2n) is 15.2. The molecule has 5 N–H and O–H groups in total. The van der Waals surface area contributed by atoms with Gasteiger partial charge < -0.3 is 21.7 Å². The van der Waals surface area contributed by atoms with Gasteiger partial charge >= 0.3 is 0 Å². The minimum Gasteiger partial charge on any atom is -0.399 e. The maximum Gasteiger partial charge on any atom is 0.229 e. The molecule has 0 fully saturated rings. The highest BCUT2D eigenvalue weighted by Crippen LogP contribution is 2.37. The zero-order valence-corrected chi connectivity index (χ0v) is 38.5. The molecule has 0 atom stereocenters. The summed E-state index contributed by atoms with van der Waals surface area (Å²) in [5.74, 6) is 1.90. The molecule has 8 rings (SSSR count). The summed E-state index contributed by atoms with van der Waals surface area (Å²) < 4.78 is 0. The SMILES string of the molecule is CNc1nc(Cl)nc2c(-c3c(C)cc(/C=C/C#N)cc3C)cccc12.CNc1nc(Nc2ccc(C#N)cc2)nc2c(-c3c(C)cc(/C=C/C#N)cc3C)cccc12.N#Cc1ccc(N)cc1. The maximum atomic E-state index is 9.03. The lowest BCUT2D eigenvalue weighted by molar-refractivity contribution is 1.20. The Balaban J connectivity index is 0.000000191. The molecule has 6 aromatic carbocycles. The topological polar surface area (TPSA) is 209 Å². The Hall–Kier alpha value is -9.07. The van der Waals surface area contributed by atoms with Crippen LogP contribution in [0, 0.1) is 73.0 Å². The number of aryl methyl sites for hydroxylation is 4. The quantitative estimate of drug-likeness (QED) is 0.0638. The van der Waals surface area contributed by atoms with Gasteiger partial charge in [0.1, 0.15) is 11.6 Å². The van der Waals surface area contributed by atoms with Crippen LogP contribution in [0.4, 0.5) is 29.0 Å². The molecule has 0 amide bonds. The highest BCUT2D eigenvalue weighted by Gasteiger charge is 2.17. The standard InChI is InChI=1S/C27H22N6.C20H17ClN4.C7H6N2/c1-17-14-20(6-5-13-28)15-18(2)24(17)22-7-4-8-23-25(22)32-27(33-26(23)30-3)31-21-11-9-19(16-29)10-12-21;1-12-10-14(6-5-9-22)11-13(2)17(12)15-7-4-8-16-18(15)24-20(21)25-19(16)23-3;8-5-6-1-3-7(9)4-2-6/h4-12,14-15H,1-3H3,(H2,30,31,32,33);4-8,10-11H,1-3H3,(H,23,24,25);1-4H,9H2/b2*6-5+;. The van der Waals surface area contributed by atoms with E-state index in [-0.39, 0.29) is 5.28 Å². The van der Waals surface area contributed by atoms with E-state index in [1.807, 2.05) is 86.9 Å². The highest BCUT2D eigenvalue weighted by molar-refractivity contribution is 6.29. The van der Waals surface area contributed by atoms with Gasteiger partial charge in [-0.05, 0) is 157 Å². The van der Waals surface area contributed by atoms with Crippen LogP contribution in [0.15, 0.2) is 121 Å². The molecule has 2 aromatic heterocycles. The number of rotatable bonds is 8. The molecule has 0 saturated carbocycles. The van der Waals surface area contributed by atoms with Crippen LogP contribution < -0.4 is 21.7 Å². The van der Waals surface area contributed by atoms with E-state index < -0.39 is 0 Å². The van der Waals surface area contributed by atoms with Gasteiger partial charge in [0.2, 0.25) is 11.2 Å². The Kier molecular flexibility index (Phi) is 15.6. The van der Waals surface area contributed by atoms with Gasteiger partial charge in [-0.2, -0.15) is 26.0 Å². The fraction of sp³-hybridized carbons (Fsp3) is 0.111. The third-order valence-corrected chi connectivity index (χ3v) is 10.7. The zero-order valence-electron chi connectivity index (χ0n) is 37.7. The normalized spacial score (nSPS) is 10.5. The lowest BCUT2D eigenvalue weighted by Crippen LogP contribution is -2.03. The molecule has 12 nitrogen and oxygen atoms in total. The summed E-state index contributed by atoms with van der Waals surface area (Å²) in [5.41, 5.74) is 20.4. The monoisotopic (exact) mass is 896 g/mol. The molecule has 0 spiro atoms. The Morgan fingerprint density at radius 2 is 0.985 bits per heavy atom. The second kappa shape index (κ2) is 22.0. The van der Waals surface area contributed by atoms with Crippen molar-refractivity contribution >= 4 is 74.5 Å². The van der Waals surface area contributed by atoms with Gasteiger partial charge in [0.25, 0.3) is 0 Å². The minimum atomic E-state index is 0.216. The van der Waals surface area contributed by atoms with Crippen LogP contribution in [0.3, 0.4) is 0 Å². The predicted octanol–water partition coefficient (Wildman–Crippen LogP) is 12.4. The van der Waals surface area contributed by atoms with Crippen molar-refractivity contribution in [3.63, 3.8) is 0 Å². The van der Waals surface area contributed by atoms with E-state index in [1.54, 1.807) is 36.4 Å². The van der Waals surface area contributed by atoms with Crippen LogP contribution in [0.2, 0.25) is 5.28 Å². The number of allylic oxidation sites excluding steroid dienone is 2. The first-order chi connectivity index (χ1) is 32.4. The summed E-state index contributed by atoms with van der Waals surface area (Å²) in [6.45, 7) is 8.27. The molecule has 328 valence electrons. The average molecular weight is 897 g/mol. The van der Waals surface area contributed by atoms with Gasteiger partial charge in [-0.15, -0.1) is 0 Å². The van der Waals surface area contributed by atoms with E-state index in [2.05, 4.69) is 95.0 Å². The van der Waals surface area contributed by atoms with Crippen LogP contribution in [0.1, 0.15) is 44.5 Å². The number of benzene rings is 6. The number of fused-ring (bicyclic) bond motifs is 2. The van der Waals surface area contributed by atoms with Gasteiger partial charge in [0.15, 0.2) is 0 Å². The van der Waals surface area contributed by atoms with E-state index in [1.165, 1.54) is 12.2 Å². The number of nitrogens with two attached hydrogens (primary N) is 1. The second-order valence-corrected chi connectivity index (χ2v) is 15.5. The summed E-state index contributed by atoms with van der Waals surface area (Å²) in [5, 5.41) is 46.5. The zero-order chi connectivity index (χ0) is 48.0. The third-order valence-electron chi connectivity index (χ3n) is 10.6. The molecule has 2 heterocycles.